The number of carbonyl (C=O) groups excluding carboxylic acids is 1. The Morgan fingerprint density at radius 1 is 1.35 bits per heavy atom. The van der Waals surface area contributed by atoms with E-state index >= 15 is 0 Å². The molecule has 1 fully saturated rings. The van der Waals surface area contributed by atoms with Crippen molar-refractivity contribution in [3.63, 3.8) is 0 Å². The monoisotopic (exact) mass is 295 g/mol. The normalized spacial score (nSPS) is 20.4. The lowest BCUT2D eigenvalue weighted by atomic mass is 10.2. The predicted octanol–water partition coefficient (Wildman–Crippen LogP) is 1.62. The van der Waals surface area contributed by atoms with Crippen molar-refractivity contribution in [2.75, 3.05) is 13.7 Å². The fraction of sp³-hybridized carbons (Fsp3) is 0.357. The van der Waals surface area contributed by atoms with Crippen molar-refractivity contribution in [2.45, 2.75) is 18.9 Å². The van der Waals surface area contributed by atoms with Crippen LogP contribution in [0.1, 0.15) is 18.4 Å². The lowest BCUT2D eigenvalue weighted by molar-refractivity contribution is -0.144. The van der Waals surface area contributed by atoms with Gasteiger partial charge in [-0.3, -0.25) is 4.79 Å². The summed E-state index contributed by atoms with van der Waals surface area (Å²) in [6.45, 7) is 0.348. The van der Waals surface area contributed by atoms with Gasteiger partial charge in [0.2, 0.25) is 10.0 Å². The second-order valence-corrected chi connectivity index (χ2v) is 6.32. The zero-order chi connectivity index (χ0) is 14.6. The fourth-order valence-corrected chi connectivity index (χ4v) is 3.64. The number of ether oxygens (including phenoxy) is 1. The Labute approximate surface area is 118 Å². The van der Waals surface area contributed by atoms with Crippen LogP contribution in [-0.4, -0.2) is 38.4 Å². The average molecular weight is 295 g/mol. The standard InChI is InChI=1S/C14H17NO4S/c1-19-14(16)13-8-5-10-15(13)20(17,18)11-9-12-6-3-2-4-7-12/h2-4,6-7,9,11,13H,5,8,10H2,1H3/b11-9+. The predicted molar refractivity (Wildman–Crippen MR) is 76.1 cm³/mol. The number of rotatable bonds is 4. The van der Waals surface area contributed by atoms with Gasteiger partial charge in [-0.2, -0.15) is 4.31 Å². The van der Waals surface area contributed by atoms with E-state index in [1.807, 2.05) is 30.3 Å². The number of hydrogen-bond donors (Lipinski definition) is 0. The van der Waals surface area contributed by atoms with Gasteiger partial charge in [-0.15, -0.1) is 0 Å². The molecule has 1 aromatic rings. The van der Waals surface area contributed by atoms with Gasteiger partial charge in [-0.05, 0) is 24.5 Å². The topological polar surface area (TPSA) is 63.7 Å². The van der Waals surface area contributed by atoms with E-state index in [1.165, 1.54) is 17.5 Å². The number of hydrogen-bond acceptors (Lipinski definition) is 4. The van der Waals surface area contributed by atoms with E-state index in [-0.39, 0.29) is 0 Å². The molecule has 1 unspecified atom stereocenters. The Morgan fingerprint density at radius 2 is 2.05 bits per heavy atom. The Balaban J connectivity index is 2.18. The first-order valence-electron chi connectivity index (χ1n) is 6.37. The van der Waals surface area contributed by atoms with Gasteiger partial charge in [0.1, 0.15) is 6.04 Å². The van der Waals surface area contributed by atoms with Crippen LogP contribution in [0.4, 0.5) is 0 Å². The molecular weight excluding hydrogens is 278 g/mol. The maximum atomic E-state index is 12.3. The largest absolute Gasteiger partial charge is 0.468 e. The molecule has 2 rings (SSSR count). The minimum absolute atomic E-state index is 0.348. The van der Waals surface area contributed by atoms with Crippen molar-refractivity contribution in [1.29, 1.82) is 0 Å². The van der Waals surface area contributed by atoms with Crippen LogP contribution in [0.25, 0.3) is 6.08 Å². The van der Waals surface area contributed by atoms with Crippen LogP contribution in [0.2, 0.25) is 0 Å². The van der Waals surface area contributed by atoms with E-state index < -0.39 is 22.0 Å². The number of benzene rings is 1. The van der Waals surface area contributed by atoms with E-state index in [0.717, 1.165) is 11.0 Å². The van der Waals surface area contributed by atoms with Gasteiger partial charge in [0.15, 0.2) is 0 Å². The molecule has 20 heavy (non-hydrogen) atoms. The summed E-state index contributed by atoms with van der Waals surface area (Å²) in [5.74, 6) is -0.501. The third-order valence-corrected chi connectivity index (χ3v) is 4.81. The zero-order valence-corrected chi connectivity index (χ0v) is 12.0. The minimum atomic E-state index is -3.61. The van der Waals surface area contributed by atoms with Crippen LogP contribution in [-0.2, 0) is 19.6 Å². The maximum absolute atomic E-state index is 12.3. The Morgan fingerprint density at radius 3 is 2.70 bits per heavy atom. The third-order valence-electron chi connectivity index (χ3n) is 3.24. The van der Waals surface area contributed by atoms with Gasteiger partial charge in [0, 0.05) is 12.0 Å². The van der Waals surface area contributed by atoms with Crippen LogP contribution in [0.15, 0.2) is 35.7 Å². The Bertz CT molecular complexity index is 595. The van der Waals surface area contributed by atoms with Gasteiger partial charge >= 0.3 is 5.97 Å². The van der Waals surface area contributed by atoms with Gasteiger partial charge in [0.25, 0.3) is 0 Å². The van der Waals surface area contributed by atoms with Crippen LogP contribution < -0.4 is 0 Å². The first-order chi connectivity index (χ1) is 9.54. The molecular formula is C14H17NO4S. The Hall–Kier alpha value is -1.66. The SMILES string of the molecule is COC(=O)C1CCCN1S(=O)(=O)/C=C/c1ccccc1. The Kier molecular flexibility index (Phi) is 4.57. The maximum Gasteiger partial charge on any atom is 0.324 e. The fourth-order valence-electron chi connectivity index (χ4n) is 2.22. The molecule has 0 saturated carbocycles. The average Bonchev–Trinajstić information content (AvgIpc) is 2.96. The smallest absolute Gasteiger partial charge is 0.324 e. The summed E-state index contributed by atoms with van der Waals surface area (Å²) in [5, 5.41) is 1.14. The highest BCUT2D eigenvalue weighted by molar-refractivity contribution is 7.92. The lowest BCUT2D eigenvalue weighted by Crippen LogP contribution is -2.40. The quantitative estimate of drug-likeness (QED) is 0.792. The molecule has 0 aliphatic carbocycles. The van der Waals surface area contributed by atoms with Crippen LogP contribution in [0.3, 0.4) is 0 Å². The van der Waals surface area contributed by atoms with Crippen LogP contribution in [0.5, 0.6) is 0 Å². The molecule has 108 valence electrons. The van der Waals surface area contributed by atoms with Crippen molar-refractivity contribution in [1.82, 2.24) is 4.31 Å². The van der Waals surface area contributed by atoms with E-state index in [1.54, 1.807) is 0 Å². The summed E-state index contributed by atoms with van der Waals surface area (Å²) in [6.07, 6.45) is 2.70. The highest BCUT2D eigenvalue weighted by Gasteiger charge is 2.38. The molecule has 0 radical (unpaired) electrons. The number of sulfonamides is 1. The minimum Gasteiger partial charge on any atom is -0.468 e. The molecule has 0 aromatic heterocycles. The number of esters is 1. The van der Waals surface area contributed by atoms with E-state index in [2.05, 4.69) is 4.74 Å². The first kappa shape index (κ1) is 14.7. The highest BCUT2D eigenvalue weighted by Crippen LogP contribution is 2.23. The second-order valence-electron chi connectivity index (χ2n) is 4.55. The molecule has 1 aliphatic heterocycles. The van der Waals surface area contributed by atoms with Crippen LogP contribution in [0, 0.1) is 0 Å². The summed E-state index contributed by atoms with van der Waals surface area (Å²) < 4.78 is 30.4. The van der Waals surface area contributed by atoms with Gasteiger partial charge in [0.05, 0.1) is 7.11 Å². The van der Waals surface area contributed by atoms with Crippen molar-refractivity contribution in [3.05, 3.63) is 41.3 Å². The molecule has 1 atom stereocenters. The number of methoxy groups -OCH3 is 1. The van der Waals surface area contributed by atoms with E-state index in [9.17, 15) is 13.2 Å². The van der Waals surface area contributed by atoms with E-state index in [0.29, 0.717) is 19.4 Å². The lowest BCUT2D eigenvalue weighted by Gasteiger charge is -2.20. The second kappa shape index (κ2) is 6.19. The highest BCUT2D eigenvalue weighted by atomic mass is 32.2. The molecule has 1 heterocycles. The van der Waals surface area contributed by atoms with Crippen molar-refractivity contribution in [2.24, 2.45) is 0 Å². The van der Waals surface area contributed by atoms with Crippen molar-refractivity contribution < 1.29 is 17.9 Å². The molecule has 0 N–H and O–H groups in total. The molecule has 1 aromatic carbocycles. The molecule has 0 spiro atoms. The molecule has 0 amide bonds. The summed E-state index contributed by atoms with van der Waals surface area (Å²) in [6, 6.07) is 8.45. The van der Waals surface area contributed by atoms with E-state index in [4.69, 9.17) is 0 Å². The molecule has 1 aliphatic rings. The zero-order valence-electron chi connectivity index (χ0n) is 11.2. The molecule has 1 saturated heterocycles. The summed E-state index contributed by atoms with van der Waals surface area (Å²) >= 11 is 0. The van der Waals surface area contributed by atoms with Gasteiger partial charge in [-0.1, -0.05) is 30.3 Å². The number of nitrogens with zero attached hydrogens (tertiary/aromatic N) is 1. The molecule has 5 nitrogen and oxygen atoms in total. The molecule has 0 bridgehead atoms. The van der Waals surface area contributed by atoms with Crippen molar-refractivity contribution >= 4 is 22.1 Å². The van der Waals surface area contributed by atoms with Gasteiger partial charge in [-0.25, -0.2) is 8.42 Å². The van der Waals surface area contributed by atoms with Gasteiger partial charge < -0.3 is 4.74 Å². The van der Waals surface area contributed by atoms with Crippen molar-refractivity contribution in [3.8, 4) is 0 Å². The summed E-state index contributed by atoms with van der Waals surface area (Å²) in [5.41, 5.74) is 0.796. The van der Waals surface area contributed by atoms with Crippen LogP contribution >= 0.6 is 0 Å². The summed E-state index contributed by atoms with van der Waals surface area (Å²) in [7, 11) is -2.34. The third kappa shape index (κ3) is 3.26. The first-order valence-corrected chi connectivity index (χ1v) is 7.88. The number of carbonyl (C=O) groups is 1. The molecule has 6 heteroatoms. The summed E-state index contributed by atoms with van der Waals surface area (Å²) in [4.78, 5) is 11.6.